The molecule has 2 aromatic heterocycles. The van der Waals surface area contributed by atoms with Crippen molar-refractivity contribution in [3.8, 4) is 6.07 Å². The number of pyridine rings is 1. The molecule has 0 atom stereocenters. The molecule has 6 nitrogen and oxygen atoms in total. The summed E-state index contributed by atoms with van der Waals surface area (Å²) in [6, 6.07) is 12.5. The number of rotatable bonds is 5. The minimum atomic E-state index is -0.818. The third kappa shape index (κ3) is 3.65. The molecule has 1 aromatic carbocycles. The Balaban J connectivity index is 1.84. The number of hydrogen-bond donors (Lipinski definition) is 1. The van der Waals surface area contributed by atoms with Gasteiger partial charge in [0.15, 0.2) is 5.82 Å². The van der Waals surface area contributed by atoms with Gasteiger partial charge in [-0.15, -0.1) is 0 Å². The molecular formula is C25H28N4O2. The van der Waals surface area contributed by atoms with Gasteiger partial charge in [0.1, 0.15) is 11.8 Å². The minimum absolute atomic E-state index is 0.410. The monoisotopic (exact) mass is 416 g/mol. The Morgan fingerprint density at radius 1 is 1.26 bits per heavy atom. The van der Waals surface area contributed by atoms with E-state index in [1.807, 2.05) is 6.07 Å². The van der Waals surface area contributed by atoms with Crippen molar-refractivity contribution in [3.05, 3.63) is 58.4 Å². The predicted molar refractivity (Wildman–Crippen MR) is 121 cm³/mol. The normalized spacial score (nSPS) is 13.8. The van der Waals surface area contributed by atoms with Gasteiger partial charge in [0, 0.05) is 30.7 Å². The largest absolute Gasteiger partial charge is 0.481 e. The number of carboxylic acids is 1. The van der Waals surface area contributed by atoms with E-state index in [0.717, 1.165) is 47.5 Å². The Labute approximate surface area is 182 Å². The van der Waals surface area contributed by atoms with Crippen LogP contribution in [0.4, 0.5) is 5.82 Å². The van der Waals surface area contributed by atoms with Crippen molar-refractivity contribution in [3.63, 3.8) is 0 Å². The number of fused-ring (bicyclic) bond motifs is 2. The number of benzene rings is 1. The van der Waals surface area contributed by atoms with Crippen LogP contribution in [0.2, 0.25) is 0 Å². The highest BCUT2D eigenvalue weighted by molar-refractivity contribution is 5.94. The van der Waals surface area contributed by atoms with E-state index in [1.165, 1.54) is 11.1 Å². The molecule has 0 aliphatic carbocycles. The number of carbonyl (C=O) groups is 1. The number of aromatic nitrogens is 2. The van der Waals surface area contributed by atoms with E-state index in [-0.39, 0.29) is 0 Å². The fourth-order valence-corrected chi connectivity index (χ4v) is 4.37. The summed E-state index contributed by atoms with van der Waals surface area (Å²) in [5, 5.41) is 20.2. The van der Waals surface area contributed by atoms with Gasteiger partial charge >= 0.3 is 5.97 Å². The van der Waals surface area contributed by atoms with Gasteiger partial charge < -0.3 is 14.6 Å². The molecule has 31 heavy (non-hydrogen) atoms. The molecule has 0 saturated carbocycles. The number of anilines is 1. The molecule has 1 aliphatic heterocycles. The zero-order chi connectivity index (χ0) is 22.3. The Morgan fingerprint density at radius 2 is 1.97 bits per heavy atom. The van der Waals surface area contributed by atoms with Gasteiger partial charge in [-0.25, -0.2) is 4.98 Å². The van der Waals surface area contributed by atoms with Crippen LogP contribution in [0.5, 0.6) is 0 Å². The van der Waals surface area contributed by atoms with Crippen LogP contribution in [-0.4, -0.2) is 27.2 Å². The highest BCUT2D eigenvalue weighted by Gasteiger charge is 2.29. The lowest BCUT2D eigenvalue weighted by Gasteiger charge is -2.31. The van der Waals surface area contributed by atoms with Crippen molar-refractivity contribution in [2.75, 3.05) is 11.4 Å². The second-order valence-electron chi connectivity index (χ2n) is 9.08. The standard InChI is InChI=1S/C25H28N4O2/c1-16-17(2)29(12-10-25(3,4)24(30)31)22-21(16)13-20(14-26)27-23(22)28-11-9-18-7-5-6-8-19(18)15-28/h5-8,13H,9-12,15H2,1-4H3,(H,30,31). The smallest absolute Gasteiger partial charge is 0.309 e. The molecule has 3 aromatic rings. The third-order valence-electron chi connectivity index (χ3n) is 6.68. The summed E-state index contributed by atoms with van der Waals surface area (Å²) in [5.41, 5.74) is 5.43. The number of nitrogens with zero attached hydrogens (tertiary/aromatic N) is 4. The first-order valence-corrected chi connectivity index (χ1v) is 10.7. The molecule has 4 rings (SSSR count). The van der Waals surface area contributed by atoms with Gasteiger partial charge in [-0.2, -0.15) is 5.26 Å². The molecule has 0 saturated heterocycles. The molecule has 0 radical (unpaired) electrons. The van der Waals surface area contributed by atoms with Crippen LogP contribution in [0.15, 0.2) is 30.3 Å². The van der Waals surface area contributed by atoms with E-state index >= 15 is 0 Å². The van der Waals surface area contributed by atoms with Crippen LogP contribution in [0, 0.1) is 30.6 Å². The van der Waals surface area contributed by atoms with Gasteiger partial charge in [-0.1, -0.05) is 24.3 Å². The van der Waals surface area contributed by atoms with E-state index < -0.39 is 11.4 Å². The topological polar surface area (TPSA) is 82.2 Å². The average Bonchev–Trinajstić information content (AvgIpc) is 3.01. The third-order valence-corrected chi connectivity index (χ3v) is 6.68. The predicted octanol–water partition coefficient (Wildman–Crippen LogP) is 4.59. The second-order valence-corrected chi connectivity index (χ2v) is 9.08. The lowest BCUT2D eigenvalue weighted by Crippen LogP contribution is -2.31. The lowest BCUT2D eigenvalue weighted by atomic mass is 9.89. The maximum atomic E-state index is 11.6. The Kier molecular flexibility index (Phi) is 5.22. The second kappa shape index (κ2) is 7.73. The molecule has 0 unspecified atom stereocenters. The molecule has 1 aliphatic rings. The van der Waals surface area contributed by atoms with Crippen LogP contribution in [0.25, 0.3) is 10.9 Å². The fraction of sp³-hybridized carbons (Fsp3) is 0.400. The maximum absolute atomic E-state index is 11.6. The van der Waals surface area contributed by atoms with Crippen molar-refractivity contribution in [1.29, 1.82) is 5.26 Å². The van der Waals surface area contributed by atoms with E-state index in [2.05, 4.69) is 53.6 Å². The zero-order valence-corrected chi connectivity index (χ0v) is 18.6. The Hall–Kier alpha value is -3.33. The summed E-state index contributed by atoms with van der Waals surface area (Å²) < 4.78 is 2.19. The quantitative estimate of drug-likeness (QED) is 0.658. The van der Waals surface area contributed by atoms with Crippen LogP contribution >= 0.6 is 0 Å². The van der Waals surface area contributed by atoms with Gasteiger partial charge in [0.2, 0.25) is 0 Å². The van der Waals surface area contributed by atoms with Crippen molar-refractivity contribution < 1.29 is 9.90 Å². The first kappa shape index (κ1) is 20.9. The van der Waals surface area contributed by atoms with E-state index in [9.17, 15) is 15.2 Å². The van der Waals surface area contributed by atoms with Crippen molar-refractivity contribution in [2.45, 2.75) is 53.6 Å². The van der Waals surface area contributed by atoms with Crippen LogP contribution in [-0.2, 0) is 24.3 Å². The molecule has 6 heteroatoms. The Morgan fingerprint density at radius 3 is 2.65 bits per heavy atom. The van der Waals surface area contributed by atoms with Gasteiger partial charge in [-0.3, -0.25) is 4.79 Å². The average molecular weight is 417 g/mol. The van der Waals surface area contributed by atoms with Crippen molar-refractivity contribution in [2.24, 2.45) is 5.41 Å². The minimum Gasteiger partial charge on any atom is -0.481 e. The molecule has 0 fully saturated rings. The first-order valence-electron chi connectivity index (χ1n) is 10.7. The van der Waals surface area contributed by atoms with Gasteiger partial charge in [0.05, 0.1) is 10.9 Å². The van der Waals surface area contributed by atoms with Crippen LogP contribution in [0.1, 0.15) is 48.3 Å². The molecule has 0 spiro atoms. The lowest BCUT2D eigenvalue weighted by molar-refractivity contribution is -0.147. The molecule has 0 amide bonds. The number of carboxylic acid groups (broad SMARTS) is 1. The van der Waals surface area contributed by atoms with Crippen LogP contribution < -0.4 is 4.90 Å². The van der Waals surface area contributed by atoms with Crippen molar-refractivity contribution in [1.82, 2.24) is 9.55 Å². The highest BCUT2D eigenvalue weighted by Crippen LogP contribution is 2.36. The maximum Gasteiger partial charge on any atom is 0.309 e. The molecule has 3 heterocycles. The zero-order valence-electron chi connectivity index (χ0n) is 18.6. The van der Waals surface area contributed by atoms with Gasteiger partial charge in [0.25, 0.3) is 0 Å². The molecule has 0 bridgehead atoms. The summed E-state index contributed by atoms with van der Waals surface area (Å²) in [7, 11) is 0. The van der Waals surface area contributed by atoms with E-state index in [1.54, 1.807) is 13.8 Å². The number of hydrogen-bond acceptors (Lipinski definition) is 4. The van der Waals surface area contributed by atoms with E-state index in [4.69, 9.17) is 4.98 Å². The first-order chi connectivity index (χ1) is 14.7. The molecule has 1 N–H and O–H groups in total. The number of aryl methyl sites for hydroxylation is 2. The highest BCUT2D eigenvalue weighted by atomic mass is 16.4. The summed E-state index contributed by atoms with van der Waals surface area (Å²) in [6.07, 6.45) is 1.44. The molecular weight excluding hydrogens is 388 g/mol. The Bertz CT molecular complexity index is 1220. The fourth-order valence-electron chi connectivity index (χ4n) is 4.37. The summed E-state index contributed by atoms with van der Waals surface area (Å²) in [6.45, 7) is 9.81. The summed E-state index contributed by atoms with van der Waals surface area (Å²) in [4.78, 5) is 18.6. The van der Waals surface area contributed by atoms with Crippen LogP contribution in [0.3, 0.4) is 0 Å². The van der Waals surface area contributed by atoms with E-state index in [0.29, 0.717) is 18.7 Å². The molecule has 160 valence electrons. The van der Waals surface area contributed by atoms with Crippen molar-refractivity contribution >= 4 is 22.7 Å². The van der Waals surface area contributed by atoms with Gasteiger partial charge in [-0.05, 0) is 63.3 Å². The number of aliphatic carboxylic acids is 1. The number of nitriles is 1. The SMILES string of the molecule is Cc1c(C)n(CCC(C)(C)C(=O)O)c2c(N3CCc4ccccc4C3)nc(C#N)cc12. The summed E-state index contributed by atoms with van der Waals surface area (Å²) in [5.74, 6) is 0.0176. The summed E-state index contributed by atoms with van der Waals surface area (Å²) >= 11 is 0.